The van der Waals surface area contributed by atoms with Crippen LogP contribution in [0.15, 0.2) is 36.5 Å². The van der Waals surface area contributed by atoms with E-state index in [9.17, 15) is 14.3 Å². The van der Waals surface area contributed by atoms with Gasteiger partial charge in [-0.05, 0) is 79.9 Å². The summed E-state index contributed by atoms with van der Waals surface area (Å²) in [6, 6.07) is 7.60. The van der Waals surface area contributed by atoms with E-state index in [1.165, 1.54) is 24.4 Å². The normalized spacial score (nSPS) is 22.0. The first kappa shape index (κ1) is 35.7. The summed E-state index contributed by atoms with van der Waals surface area (Å²) >= 11 is 0. The number of aromatic nitrogens is 5. The van der Waals surface area contributed by atoms with Crippen LogP contribution in [0, 0.1) is 11.6 Å². The van der Waals surface area contributed by atoms with Gasteiger partial charge in [0.2, 0.25) is 0 Å². The zero-order valence-electron chi connectivity index (χ0n) is 31.1. The van der Waals surface area contributed by atoms with Gasteiger partial charge in [-0.1, -0.05) is 13.0 Å². The van der Waals surface area contributed by atoms with Crippen molar-refractivity contribution < 1.29 is 27.8 Å². The summed E-state index contributed by atoms with van der Waals surface area (Å²) in [4.78, 5) is 35.7. The highest BCUT2D eigenvalue weighted by atomic mass is 19.1. The van der Waals surface area contributed by atoms with Crippen LogP contribution in [0.2, 0.25) is 0 Å². The third-order valence-corrected chi connectivity index (χ3v) is 12.0. The number of hydrogen-bond donors (Lipinski definition) is 1. The summed E-state index contributed by atoms with van der Waals surface area (Å²) in [5.41, 5.74) is 1.20. The molecule has 0 unspecified atom stereocenters. The van der Waals surface area contributed by atoms with Crippen LogP contribution in [-0.4, -0.2) is 122 Å². The molecule has 3 saturated heterocycles. The SMILES string of the molecule is CCc1c(F)ccc2cc(O)cc(-c3ncc4c(N5CCCn6nc(C(=O)N7CCN(C)CC7)cc6C5)nc(OC[C@@]56CCCN5C[C@H](F)C6)nc4c3F)c12. The molecular formula is C40H44F3N9O3. The first-order valence-electron chi connectivity index (χ1n) is 19.2. The number of aromatic hydroxyl groups is 1. The predicted molar refractivity (Wildman–Crippen MR) is 201 cm³/mol. The Kier molecular flexibility index (Phi) is 9.03. The first-order valence-corrected chi connectivity index (χ1v) is 19.2. The Morgan fingerprint density at radius 3 is 2.69 bits per heavy atom. The first-order chi connectivity index (χ1) is 26.6. The molecule has 0 saturated carbocycles. The monoisotopic (exact) mass is 755 g/mol. The predicted octanol–water partition coefficient (Wildman–Crippen LogP) is 5.34. The lowest BCUT2D eigenvalue weighted by Gasteiger charge is -2.31. The fraction of sp³-hybridized carbons (Fsp3) is 0.475. The Balaban J connectivity index is 1.13. The van der Waals surface area contributed by atoms with Gasteiger partial charge in [0.15, 0.2) is 11.5 Å². The zero-order valence-corrected chi connectivity index (χ0v) is 31.1. The molecule has 55 heavy (non-hydrogen) atoms. The summed E-state index contributed by atoms with van der Waals surface area (Å²) in [5, 5.41) is 16.8. The van der Waals surface area contributed by atoms with E-state index in [1.54, 1.807) is 6.07 Å². The van der Waals surface area contributed by atoms with Crippen molar-refractivity contribution in [2.75, 3.05) is 64.4 Å². The molecule has 15 heteroatoms. The average Bonchev–Trinajstić information content (AvgIpc) is 3.81. The number of hydrogen-bond acceptors (Lipinski definition) is 10. The highest BCUT2D eigenvalue weighted by molar-refractivity contribution is 6.02. The number of benzene rings is 2. The van der Waals surface area contributed by atoms with E-state index < -0.39 is 23.3 Å². The molecule has 0 radical (unpaired) electrons. The van der Waals surface area contributed by atoms with Crippen molar-refractivity contribution in [3.63, 3.8) is 0 Å². The number of fused-ring (bicyclic) bond motifs is 4. The number of ether oxygens (including phenoxy) is 1. The molecular weight excluding hydrogens is 711 g/mol. The van der Waals surface area contributed by atoms with Gasteiger partial charge in [0.25, 0.3) is 5.91 Å². The van der Waals surface area contributed by atoms with Crippen LogP contribution in [0.3, 0.4) is 0 Å². The third-order valence-electron chi connectivity index (χ3n) is 12.0. The number of halogens is 3. The Morgan fingerprint density at radius 2 is 1.87 bits per heavy atom. The largest absolute Gasteiger partial charge is 0.508 e. The van der Waals surface area contributed by atoms with Gasteiger partial charge in [-0.25, -0.2) is 13.2 Å². The number of phenolic OH excluding ortho intramolecular Hbond substituents is 1. The van der Waals surface area contributed by atoms with Gasteiger partial charge in [0.05, 0.1) is 23.2 Å². The van der Waals surface area contributed by atoms with Crippen LogP contribution >= 0.6 is 0 Å². The van der Waals surface area contributed by atoms with Crippen LogP contribution < -0.4 is 9.64 Å². The van der Waals surface area contributed by atoms with Crippen LogP contribution in [0.5, 0.6) is 11.8 Å². The Labute approximate surface area is 316 Å². The summed E-state index contributed by atoms with van der Waals surface area (Å²) in [6.07, 6.45) is 3.64. The molecule has 4 aliphatic heterocycles. The lowest BCUT2D eigenvalue weighted by molar-refractivity contribution is 0.0657. The van der Waals surface area contributed by atoms with E-state index in [-0.39, 0.29) is 41.0 Å². The fourth-order valence-corrected chi connectivity index (χ4v) is 9.11. The molecule has 12 nitrogen and oxygen atoms in total. The lowest BCUT2D eigenvalue weighted by atomic mass is 9.94. The molecule has 3 fully saturated rings. The Hall–Kier alpha value is -5.02. The van der Waals surface area contributed by atoms with Crippen LogP contribution in [0.25, 0.3) is 32.9 Å². The molecule has 3 aromatic heterocycles. The number of phenols is 1. The van der Waals surface area contributed by atoms with Gasteiger partial charge in [0, 0.05) is 64.0 Å². The molecule has 1 amide bonds. The van der Waals surface area contributed by atoms with E-state index in [2.05, 4.69) is 19.8 Å². The van der Waals surface area contributed by atoms with Crippen molar-refractivity contribution in [2.24, 2.45) is 0 Å². The molecule has 0 spiro atoms. The van der Waals surface area contributed by atoms with E-state index in [0.717, 1.165) is 38.2 Å². The number of rotatable bonds is 7. The second kappa shape index (κ2) is 13.9. The number of alkyl halides is 1. The minimum absolute atomic E-state index is 0.0461. The molecule has 4 aliphatic rings. The number of aryl methyl sites for hydroxylation is 2. The number of piperazine rings is 1. The number of carbonyl (C=O) groups excluding carboxylic acids is 1. The molecule has 0 bridgehead atoms. The Morgan fingerprint density at radius 1 is 1.04 bits per heavy atom. The molecule has 9 rings (SSSR count). The summed E-state index contributed by atoms with van der Waals surface area (Å²) in [5.74, 6) is -1.01. The topological polar surface area (TPSA) is 116 Å². The number of anilines is 1. The minimum atomic E-state index is -0.951. The number of likely N-dealkylation sites (N-methyl/N-ethyl adjacent to an activating group) is 1. The molecule has 2 atom stereocenters. The van der Waals surface area contributed by atoms with Crippen LogP contribution in [-0.2, 0) is 19.5 Å². The Bertz CT molecular complexity index is 2310. The van der Waals surface area contributed by atoms with Crippen molar-refractivity contribution >= 4 is 33.4 Å². The van der Waals surface area contributed by atoms with E-state index in [1.807, 2.05) is 34.5 Å². The zero-order chi connectivity index (χ0) is 38.0. The van der Waals surface area contributed by atoms with Gasteiger partial charge in [-0.15, -0.1) is 0 Å². The van der Waals surface area contributed by atoms with E-state index in [4.69, 9.17) is 14.8 Å². The van der Waals surface area contributed by atoms with Crippen LogP contribution in [0.1, 0.15) is 54.4 Å². The van der Waals surface area contributed by atoms with Crippen molar-refractivity contribution in [3.8, 4) is 23.0 Å². The van der Waals surface area contributed by atoms with Gasteiger partial charge < -0.3 is 24.5 Å². The third kappa shape index (κ3) is 6.30. The average molecular weight is 756 g/mol. The van der Waals surface area contributed by atoms with Gasteiger partial charge in [-0.3, -0.25) is 19.4 Å². The van der Waals surface area contributed by atoms with Gasteiger partial charge >= 0.3 is 6.01 Å². The number of carbonyl (C=O) groups is 1. The number of pyridine rings is 1. The second-order valence-electron chi connectivity index (χ2n) is 15.5. The molecule has 1 N–H and O–H groups in total. The molecule has 2 aromatic carbocycles. The standard InChI is InChI=1S/C40H44F3N9O3/c1-3-28-31(42)7-6-24-16-27(53)18-29(33(24)28)35-34(43)36-30(20-44-35)37(46-39(45-36)55-23-40-8-4-10-51(40)21-25(41)19-40)50-9-5-11-52-26(22-50)17-32(47-52)38(54)49-14-12-48(2)13-15-49/h6-7,16-18,20,25,53H,3-5,8-15,19,21-23H2,1-2H3/t25-,40+/m1/s1. The van der Waals surface area contributed by atoms with E-state index in [0.29, 0.717) is 91.8 Å². The summed E-state index contributed by atoms with van der Waals surface area (Å²) in [7, 11) is 2.04. The smallest absolute Gasteiger partial charge is 0.319 e. The molecule has 5 aromatic rings. The maximum Gasteiger partial charge on any atom is 0.319 e. The fourth-order valence-electron chi connectivity index (χ4n) is 9.11. The maximum absolute atomic E-state index is 17.2. The lowest BCUT2D eigenvalue weighted by Crippen LogP contribution is -2.47. The van der Waals surface area contributed by atoms with Gasteiger partial charge in [0.1, 0.15) is 41.4 Å². The van der Waals surface area contributed by atoms with Crippen molar-refractivity contribution in [3.05, 3.63) is 65.1 Å². The number of nitrogens with zero attached hydrogens (tertiary/aromatic N) is 9. The summed E-state index contributed by atoms with van der Waals surface area (Å²) in [6.45, 7) is 7.44. The van der Waals surface area contributed by atoms with Gasteiger partial charge in [-0.2, -0.15) is 15.1 Å². The molecule has 0 aliphatic carbocycles. The highest BCUT2D eigenvalue weighted by Gasteiger charge is 2.49. The van der Waals surface area contributed by atoms with Crippen LogP contribution in [0.4, 0.5) is 19.0 Å². The second-order valence-corrected chi connectivity index (χ2v) is 15.5. The molecule has 288 valence electrons. The molecule has 7 heterocycles. The maximum atomic E-state index is 17.2. The quantitative estimate of drug-likeness (QED) is 0.234. The minimum Gasteiger partial charge on any atom is -0.508 e. The van der Waals surface area contributed by atoms with Crippen molar-refractivity contribution in [1.29, 1.82) is 0 Å². The van der Waals surface area contributed by atoms with E-state index >= 15 is 8.78 Å². The summed E-state index contributed by atoms with van der Waals surface area (Å²) < 4.78 is 55.2. The van der Waals surface area contributed by atoms with Crippen molar-refractivity contribution in [1.82, 2.24) is 39.4 Å². The highest BCUT2D eigenvalue weighted by Crippen LogP contribution is 2.42. The van der Waals surface area contributed by atoms with Crippen molar-refractivity contribution in [2.45, 2.75) is 63.8 Å². The number of amides is 1.